The minimum Gasteiger partial charge on any atom is -0.744 e. The second-order valence-electron chi connectivity index (χ2n) is 4.52. The molecule has 0 amide bonds. The van der Waals surface area contributed by atoms with E-state index in [1.807, 2.05) is 36.4 Å². The van der Waals surface area contributed by atoms with Crippen molar-refractivity contribution in [2.24, 2.45) is 0 Å². The molecule has 0 spiro atoms. The molecule has 0 fully saturated rings. The molecule has 0 saturated heterocycles. The maximum Gasteiger partial charge on any atom is 1.00 e. The molecule has 0 aliphatic carbocycles. The van der Waals surface area contributed by atoms with Gasteiger partial charge in [0, 0.05) is 0 Å². The Bertz CT molecular complexity index is 946. The predicted octanol–water partition coefficient (Wildman–Crippen LogP) is 0.544. The fraction of sp³-hybridized carbons (Fsp3) is 0. The topological polar surface area (TPSA) is 57.2 Å². The summed E-state index contributed by atoms with van der Waals surface area (Å²) in [5.74, 6) is 0. The average molecular weight is 306 g/mol. The molecule has 3 nitrogen and oxygen atoms in total. The van der Waals surface area contributed by atoms with Crippen molar-refractivity contribution in [1.29, 1.82) is 0 Å². The van der Waals surface area contributed by atoms with Gasteiger partial charge < -0.3 is 4.55 Å². The number of fused-ring (bicyclic) bond motifs is 3. The van der Waals surface area contributed by atoms with E-state index in [4.69, 9.17) is 0 Å². The van der Waals surface area contributed by atoms with Crippen LogP contribution >= 0.6 is 0 Å². The summed E-state index contributed by atoms with van der Waals surface area (Å²) < 4.78 is 33.9. The van der Waals surface area contributed by atoms with Crippen molar-refractivity contribution in [2.45, 2.75) is 4.90 Å². The first-order valence-corrected chi connectivity index (χ1v) is 7.46. The molecule has 21 heavy (non-hydrogen) atoms. The second-order valence-corrected chi connectivity index (χ2v) is 5.87. The first-order valence-electron chi connectivity index (χ1n) is 6.05. The van der Waals surface area contributed by atoms with E-state index in [1.165, 1.54) is 12.1 Å². The Hall–Kier alpha value is -1.17. The maximum absolute atomic E-state index is 11.3. The van der Waals surface area contributed by atoms with Crippen LogP contribution in [-0.4, -0.2) is 13.0 Å². The van der Waals surface area contributed by atoms with Crippen LogP contribution in [0, 0.1) is 0 Å². The van der Waals surface area contributed by atoms with Gasteiger partial charge in [-0.25, -0.2) is 8.42 Å². The average Bonchev–Trinajstić information content (AvgIpc) is 2.44. The monoisotopic (exact) mass is 306 g/mol. The minimum absolute atomic E-state index is 0. The maximum atomic E-state index is 11.3. The van der Waals surface area contributed by atoms with Crippen molar-refractivity contribution in [3.8, 4) is 0 Å². The molecular formula is C16H11NaO3S. The van der Waals surface area contributed by atoms with E-state index in [9.17, 15) is 13.0 Å². The summed E-state index contributed by atoms with van der Waals surface area (Å²) in [6.45, 7) is 3.63. The largest absolute Gasteiger partial charge is 1.00 e. The summed E-state index contributed by atoms with van der Waals surface area (Å²) in [7, 11) is -4.51. The van der Waals surface area contributed by atoms with Crippen LogP contribution in [-0.2, 0) is 10.1 Å². The zero-order valence-corrected chi connectivity index (χ0v) is 14.4. The molecule has 0 aliphatic rings. The van der Waals surface area contributed by atoms with E-state index >= 15 is 0 Å². The molecule has 5 heteroatoms. The SMILES string of the molecule is C=Cc1c(S(=O)(=O)[O-])ccc2c1ccc1ccccc12.[Na+]. The number of benzene rings is 3. The number of hydrogen-bond donors (Lipinski definition) is 0. The van der Waals surface area contributed by atoms with Crippen LogP contribution < -0.4 is 29.6 Å². The quantitative estimate of drug-likeness (QED) is 0.394. The Kier molecular flexibility index (Phi) is 4.56. The van der Waals surface area contributed by atoms with Crippen LogP contribution in [0.15, 0.2) is 60.0 Å². The summed E-state index contributed by atoms with van der Waals surface area (Å²) in [6.07, 6.45) is 1.42. The normalized spacial score (nSPS) is 11.3. The van der Waals surface area contributed by atoms with E-state index < -0.39 is 10.1 Å². The van der Waals surface area contributed by atoms with Crippen molar-refractivity contribution >= 4 is 37.7 Å². The van der Waals surface area contributed by atoms with Crippen LogP contribution in [0.4, 0.5) is 0 Å². The summed E-state index contributed by atoms with van der Waals surface area (Å²) in [6, 6.07) is 14.6. The molecule has 0 saturated carbocycles. The van der Waals surface area contributed by atoms with Gasteiger partial charge in [-0.05, 0) is 33.2 Å². The van der Waals surface area contributed by atoms with Crippen LogP contribution in [0.3, 0.4) is 0 Å². The molecule has 0 aromatic heterocycles. The first kappa shape index (κ1) is 16.2. The van der Waals surface area contributed by atoms with E-state index in [0.717, 1.165) is 21.5 Å². The molecule has 3 aromatic carbocycles. The predicted molar refractivity (Wildman–Crippen MR) is 79.5 cm³/mol. The van der Waals surface area contributed by atoms with Crippen LogP contribution in [0.25, 0.3) is 27.6 Å². The molecule has 100 valence electrons. The Morgan fingerprint density at radius 3 is 2.24 bits per heavy atom. The molecule has 3 aromatic rings. The third-order valence-electron chi connectivity index (χ3n) is 3.40. The Morgan fingerprint density at radius 1 is 0.905 bits per heavy atom. The summed E-state index contributed by atoms with van der Waals surface area (Å²) in [5.41, 5.74) is 0.364. The minimum atomic E-state index is -4.51. The molecule has 0 atom stereocenters. The van der Waals surface area contributed by atoms with Gasteiger partial charge in [-0.1, -0.05) is 55.1 Å². The summed E-state index contributed by atoms with van der Waals surface area (Å²) in [5, 5.41) is 3.71. The van der Waals surface area contributed by atoms with Crippen LogP contribution in [0.1, 0.15) is 5.56 Å². The molecule has 0 N–H and O–H groups in total. The fourth-order valence-corrected chi connectivity index (χ4v) is 3.22. The van der Waals surface area contributed by atoms with Gasteiger partial charge in [0.15, 0.2) is 0 Å². The third-order valence-corrected chi connectivity index (χ3v) is 4.30. The first-order chi connectivity index (χ1) is 9.52. The zero-order valence-electron chi connectivity index (χ0n) is 11.5. The van der Waals surface area contributed by atoms with Gasteiger partial charge in [0.25, 0.3) is 0 Å². The van der Waals surface area contributed by atoms with Crippen molar-refractivity contribution in [3.63, 3.8) is 0 Å². The van der Waals surface area contributed by atoms with E-state index in [2.05, 4.69) is 6.58 Å². The molecule has 3 rings (SSSR count). The third kappa shape index (κ3) is 2.78. The second kappa shape index (κ2) is 5.91. The standard InChI is InChI=1S/C16H12O3S.Na/c1-2-12-14-8-7-11-5-3-4-6-13(11)15(14)9-10-16(12)20(17,18)19;/h2-10H,1H2,(H,17,18,19);/q;+1/p-1. The smallest absolute Gasteiger partial charge is 0.744 e. The van der Waals surface area contributed by atoms with Gasteiger partial charge in [0.05, 0.1) is 4.90 Å². The summed E-state index contributed by atoms with van der Waals surface area (Å²) >= 11 is 0. The molecular weight excluding hydrogens is 295 g/mol. The number of rotatable bonds is 2. The van der Waals surface area contributed by atoms with Gasteiger partial charge >= 0.3 is 29.6 Å². The van der Waals surface area contributed by atoms with Gasteiger partial charge in [-0.3, -0.25) is 0 Å². The zero-order chi connectivity index (χ0) is 14.3. The Labute approximate surface area is 145 Å². The van der Waals surface area contributed by atoms with Crippen LogP contribution in [0.2, 0.25) is 0 Å². The van der Waals surface area contributed by atoms with E-state index in [1.54, 1.807) is 6.07 Å². The van der Waals surface area contributed by atoms with E-state index in [0.29, 0.717) is 5.56 Å². The van der Waals surface area contributed by atoms with Gasteiger partial charge in [0.2, 0.25) is 0 Å². The van der Waals surface area contributed by atoms with Gasteiger partial charge in [0.1, 0.15) is 10.1 Å². The van der Waals surface area contributed by atoms with Crippen molar-refractivity contribution in [3.05, 3.63) is 60.7 Å². The van der Waals surface area contributed by atoms with Crippen molar-refractivity contribution in [2.75, 3.05) is 0 Å². The Morgan fingerprint density at radius 2 is 1.57 bits per heavy atom. The van der Waals surface area contributed by atoms with Gasteiger partial charge in [-0.2, -0.15) is 0 Å². The van der Waals surface area contributed by atoms with E-state index in [-0.39, 0.29) is 34.5 Å². The Balaban J connectivity index is 0.00000161. The molecule has 0 unspecified atom stereocenters. The van der Waals surface area contributed by atoms with Crippen molar-refractivity contribution < 1.29 is 42.5 Å². The molecule has 0 aliphatic heterocycles. The fourth-order valence-electron chi connectivity index (χ4n) is 2.52. The molecule has 0 bridgehead atoms. The molecule has 0 radical (unpaired) electrons. The van der Waals surface area contributed by atoms with Gasteiger partial charge in [-0.15, -0.1) is 0 Å². The van der Waals surface area contributed by atoms with Crippen LogP contribution in [0.5, 0.6) is 0 Å². The van der Waals surface area contributed by atoms with Crippen molar-refractivity contribution in [1.82, 2.24) is 0 Å². The summed E-state index contributed by atoms with van der Waals surface area (Å²) in [4.78, 5) is -0.227. The number of hydrogen-bond acceptors (Lipinski definition) is 3. The molecule has 0 heterocycles.